The zero-order chi connectivity index (χ0) is 23.1. The van der Waals surface area contributed by atoms with Crippen LogP contribution < -0.4 is 0 Å². The van der Waals surface area contributed by atoms with Crippen LogP contribution in [0.1, 0.15) is 53.4 Å². The Bertz CT molecular complexity index is 861. The topological polar surface area (TPSA) is 35.9 Å². The first-order valence-electron chi connectivity index (χ1n) is 12.8. The van der Waals surface area contributed by atoms with Crippen LogP contribution in [0.5, 0.6) is 0 Å². The van der Waals surface area contributed by atoms with Crippen LogP contribution >= 0.6 is 0 Å². The van der Waals surface area contributed by atoms with Crippen LogP contribution in [0, 0.1) is 34.0 Å². The van der Waals surface area contributed by atoms with Gasteiger partial charge in [-0.1, -0.05) is 45.1 Å². The zero-order valence-corrected chi connectivity index (χ0v) is 21.3. The molecule has 1 saturated carbocycles. The second-order valence-corrected chi connectivity index (χ2v) is 12.6. The van der Waals surface area contributed by atoms with Gasteiger partial charge < -0.3 is 14.7 Å². The normalized spacial score (nSPS) is 49.3. The van der Waals surface area contributed by atoms with E-state index in [4.69, 9.17) is 4.74 Å². The summed E-state index contributed by atoms with van der Waals surface area (Å²) in [5, 5.41) is 11.4. The van der Waals surface area contributed by atoms with Crippen molar-refractivity contribution in [2.24, 2.45) is 34.0 Å². The molecule has 1 aliphatic heterocycles. The fourth-order valence-corrected chi connectivity index (χ4v) is 8.79. The van der Waals surface area contributed by atoms with Crippen LogP contribution in [0.25, 0.3) is 0 Å². The van der Waals surface area contributed by atoms with Crippen molar-refractivity contribution in [3.05, 3.63) is 35.5 Å². The molecule has 0 amide bonds. The SMILES string of the molecule is C[C@@H]([C@H]1[C@H](O)C[C@@]2(C)[C@@H]3CC[C@@H]4C(=CC3=CC[C@]12C)C=C[C@@H]1N(C)COC[C@@]41C)N(C)C. The van der Waals surface area contributed by atoms with Gasteiger partial charge in [0.1, 0.15) is 0 Å². The first-order chi connectivity index (χ1) is 15.0. The summed E-state index contributed by atoms with van der Waals surface area (Å²) < 4.78 is 6.06. The Hall–Kier alpha value is -0.940. The standard InChI is InChI=1S/C28H44N2O2/c1-18(29(5)6)25-23(31)15-28(4)22-10-9-21-19(14-20(22)12-13-27(25,28)3)8-11-24-26(21,2)16-32-17-30(24)7/h8,11-12,14,18,21-25,31H,9-10,13,15-17H2,1-7H3/t18-,21+,22+,23+,24-,25-,26-,27+,28-/m0/s1. The number of aliphatic hydroxyl groups excluding tert-OH is 1. The van der Waals surface area contributed by atoms with Gasteiger partial charge in [-0.15, -0.1) is 0 Å². The number of ether oxygens (including phenoxy) is 1. The van der Waals surface area contributed by atoms with Gasteiger partial charge in [0, 0.05) is 23.4 Å². The monoisotopic (exact) mass is 440 g/mol. The molecule has 0 bridgehead atoms. The average molecular weight is 441 g/mol. The Kier molecular flexibility index (Phi) is 5.37. The highest BCUT2D eigenvalue weighted by Gasteiger charge is 2.64. The summed E-state index contributed by atoms with van der Waals surface area (Å²) in [7, 11) is 6.51. The minimum Gasteiger partial charge on any atom is -0.393 e. The first kappa shape index (κ1) is 22.8. The summed E-state index contributed by atoms with van der Waals surface area (Å²) in [4.78, 5) is 4.67. The Morgan fingerprint density at radius 3 is 2.56 bits per heavy atom. The Morgan fingerprint density at radius 2 is 1.84 bits per heavy atom. The summed E-state index contributed by atoms with van der Waals surface area (Å²) >= 11 is 0. The lowest BCUT2D eigenvalue weighted by molar-refractivity contribution is -0.120. The average Bonchev–Trinajstić information content (AvgIpc) is 2.83. The van der Waals surface area contributed by atoms with Gasteiger partial charge in [0.05, 0.1) is 19.4 Å². The highest BCUT2D eigenvalue weighted by atomic mass is 16.5. The number of aliphatic hydroxyl groups is 1. The van der Waals surface area contributed by atoms with Crippen molar-refractivity contribution in [3.8, 4) is 0 Å². The number of rotatable bonds is 2. The molecule has 4 nitrogen and oxygen atoms in total. The minimum atomic E-state index is -0.226. The van der Waals surface area contributed by atoms with Crippen molar-refractivity contribution in [1.29, 1.82) is 0 Å². The summed E-state index contributed by atoms with van der Waals surface area (Å²) in [5.41, 5.74) is 3.41. The van der Waals surface area contributed by atoms with Crippen LogP contribution in [-0.2, 0) is 4.74 Å². The van der Waals surface area contributed by atoms with E-state index in [1.807, 2.05) is 0 Å². The number of hydrogen-bond acceptors (Lipinski definition) is 4. The minimum absolute atomic E-state index is 0.120. The molecule has 0 aromatic carbocycles. The maximum absolute atomic E-state index is 11.4. The number of allylic oxidation sites excluding steroid dienone is 5. The molecule has 1 heterocycles. The summed E-state index contributed by atoms with van der Waals surface area (Å²) in [5.74, 6) is 1.36. The fraction of sp³-hybridized carbons (Fsp3) is 0.786. The predicted molar refractivity (Wildman–Crippen MR) is 130 cm³/mol. The van der Waals surface area contributed by atoms with Crippen molar-refractivity contribution >= 4 is 0 Å². The Labute approximate surface area is 195 Å². The third-order valence-corrected chi connectivity index (χ3v) is 11.0. The Morgan fingerprint density at radius 1 is 1.12 bits per heavy atom. The summed E-state index contributed by atoms with van der Waals surface area (Å²) in [6.07, 6.45) is 14.1. The lowest BCUT2D eigenvalue weighted by Gasteiger charge is -2.54. The molecular weight excluding hydrogens is 396 g/mol. The number of fused-ring (bicyclic) bond motifs is 6. The van der Waals surface area contributed by atoms with E-state index in [0.717, 1.165) is 26.2 Å². The van der Waals surface area contributed by atoms with Gasteiger partial charge in [-0.3, -0.25) is 4.90 Å². The van der Waals surface area contributed by atoms with E-state index in [2.05, 4.69) is 82.9 Å². The molecule has 0 spiro atoms. The van der Waals surface area contributed by atoms with E-state index in [0.29, 0.717) is 29.8 Å². The molecule has 5 aliphatic rings. The van der Waals surface area contributed by atoms with Gasteiger partial charge in [-0.2, -0.15) is 0 Å². The molecule has 5 rings (SSSR count). The maximum atomic E-state index is 11.4. The molecular formula is C28H44N2O2. The van der Waals surface area contributed by atoms with Crippen molar-refractivity contribution in [2.45, 2.75) is 71.6 Å². The number of likely N-dealkylation sites (N-methyl/N-ethyl adjacent to an activating group) is 1. The third kappa shape index (κ3) is 2.95. The molecule has 0 aromatic rings. The second kappa shape index (κ2) is 7.53. The smallest absolute Gasteiger partial charge is 0.0993 e. The fourth-order valence-electron chi connectivity index (χ4n) is 8.79. The van der Waals surface area contributed by atoms with Crippen molar-refractivity contribution < 1.29 is 9.84 Å². The first-order valence-corrected chi connectivity index (χ1v) is 12.8. The molecule has 1 N–H and O–H groups in total. The van der Waals surface area contributed by atoms with Crippen LogP contribution in [0.3, 0.4) is 0 Å². The number of hydrogen-bond donors (Lipinski definition) is 1. The molecule has 2 fully saturated rings. The highest BCUT2D eigenvalue weighted by molar-refractivity contribution is 5.43. The van der Waals surface area contributed by atoms with E-state index >= 15 is 0 Å². The molecule has 1 saturated heterocycles. The van der Waals surface area contributed by atoms with E-state index in [9.17, 15) is 5.11 Å². The molecule has 0 radical (unpaired) electrons. The predicted octanol–water partition coefficient (Wildman–Crippen LogP) is 4.48. The van der Waals surface area contributed by atoms with E-state index in [-0.39, 0.29) is 22.3 Å². The third-order valence-electron chi connectivity index (χ3n) is 11.0. The lowest BCUT2D eigenvalue weighted by atomic mass is 9.51. The van der Waals surface area contributed by atoms with Gasteiger partial charge in [-0.05, 0) is 87.6 Å². The second-order valence-electron chi connectivity index (χ2n) is 12.6. The van der Waals surface area contributed by atoms with Gasteiger partial charge >= 0.3 is 0 Å². The summed E-state index contributed by atoms with van der Waals surface area (Å²) in [6.45, 7) is 11.3. The molecule has 4 heteroatoms. The Balaban J connectivity index is 1.52. The van der Waals surface area contributed by atoms with E-state index < -0.39 is 0 Å². The zero-order valence-electron chi connectivity index (χ0n) is 21.3. The van der Waals surface area contributed by atoms with Gasteiger partial charge in [0.25, 0.3) is 0 Å². The lowest BCUT2D eigenvalue weighted by Crippen LogP contribution is -2.56. The number of nitrogens with zero attached hydrogens (tertiary/aromatic N) is 2. The molecule has 178 valence electrons. The van der Waals surface area contributed by atoms with Crippen LogP contribution in [0.4, 0.5) is 0 Å². The van der Waals surface area contributed by atoms with Crippen molar-refractivity contribution in [2.75, 3.05) is 34.5 Å². The largest absolute Gasteiger partial charge is 0.393 e. The van der Waals surface area contributed by atoms with Crippen LogP contribution in [0.2, 0.25) is 0 Å². The van der Waals surface area contributed by atoms with Crippen molar-refractivity contribution in [3.63, 3.8) is 0 Å². The van der Waals surface area contributed by atoms with E-state index in [1.54, 1.807) is 0 Å². The highest BCUT2D eigenvalue weighted by Crippen LogP contribution is 2.68. The molecule has 9 atom stereocenters. The molecule has 0 unspecified atom stereocenters. The molecule has 0 aromatic heterocycles. The quantitative estimate of drug-likeness (QED) is 0.687. The van der Waals surface area contributed by atoms with E-state index in [1.165, 1.54) is 24.0 Å². The van der Waals surface area contributed by atoms with Gasteiger partial charge in [0.2, 0.25) is 0 Å². The van der Waals surface area contributed by atoms with Crippen molar-refractivity contribution in [1.82, 2.24) is 9.80 Å². The van der Waals surface area contributed by atoms with Gasteiger partial charge in [0.15, 0.2) is 0 Å². The summed E-state index contributed by atoms with van der Waals surface area (Å²) in [6, 6.07) is 0.822. The maximum Gasteiger partial charge on any atom is 0.0993 e. The van der Waals surface area contributed by atoms with Gasteiger partial charge in [-0.25, -0.2) is 0 Å². The van der Waals surface area contributed by atoms with Crippen LogP contribution in [-0.4, -0.2) is 67.6 Å². The van der Waals surface area contributed by atoms with Crippen LogP contribution in [0.15, 0.2) is 35.5 Å². The molecule has 4 aliphatic carbocycles. The molecule has 32 heavy (non-hydrogen) atoms.